The zero-order valence-electron chi connectivity index (χ0n) is 9.04. The smallest absolute Gasteiger partial charge is 0.202 e. The molecule has 0 amide bonds. The molecule has 1 rings (SSSR count). The maximum atomic E-state index is 10.6. The van der Waals surface area contributed by atoms with Gasteiger partial charge in [-0.15, -0.1) is 0 Å². The zero-order chi connectivity index (χ0) is 10.6. The molecule has 0 aromatic heterocycles. The third-order valence-corrected chi connectivity index (χ3v) is 2.38. The Labute approximate surface area is 85.4 Å². The van der Waals surface area contributed by atoms with E-state index in [-0.39, 0.29) is 5.78 Å². The Balaban J connectivity index is 2.49. The van der Waals surface area contributed by atoms with E-state index in [0.717, 1.165) is 13.2 Å². The Kier molecular flexibility index (Phi) is 4.12. The van der Waals surface area contributed by atoms with E-state index in [1.165, 1.54) is 6.92 Å². The molecular formula is C11H17NO2. The molecule has 14 heavy (non-hydrogen) atoms. The number of carbonyl (C=O) groups is 1. The number of Topliss-reactive ketones (excluding diaryl/α,β-unsaturated/α-hetero) is 1. The average Bonchev–Trinajstić information content (AvgIpc) is 2.09. The topological polar surface area (TPSA) is 29.5 Å². The Bertz CT molecular complexity index is 254. The minimum atomic E-state index is -0.0708. The van der Waals surface area contributed by atoms with Crippen molar-refractivity contribution in [1.82, 2.24) is 4.90 Å². The minimum absolute atomic E-state index is 0.0708. The molecule has 3 heteroatoms. The van der Waals surface area contributed by atoms with Crippen LogP contribution in [-0.2, 0) is 9.53 Å². The highest BCUT2D eigenvalue weighted by Gasteiger charge is 2.23. The standard InChI is InChI=1S/C11H17NO2/c1-9-7-14-8-10(2)12(9)6-4-5-11(3)13/h9-10H,6-8H2,1-3H3. The Morgan fingerprint density at radius 3 is 2.50 bits per heavy atom. The Hall–Kier alpha value is -0.850. The molecule has 2 atom stereocenters. The molecule has 0 radical (unpaired) electrons. The van der Waals surface area contributed by atoms with Gasteiger partial charge in [0.2, 0.25) is 5.78 Å². The van der Waals surface area contributed by atoms with Crippen LogP contribution >= 0.6 is 0 Å². The summed E-state index contributed by atoms with van der Waals surface area (Å²) in [6, 6.07) is 0.778. The van der Waals surface area contributed by atoms with Crippen LogP contribution in [0, 0.1) is 11.8 Å². The van der Waals surface area contributed by atoms with Gasteiger partial charge in [0.25, 0.3) is 0 Å². The summed E-state index contributed by atoms with van der Waals surface area (Å²) in [7, 11) is 0. The molecule has 2 unspecified atom stereocenters. The average molecular weight is 195 g/mol. The molecule has 3 nitrogen and oxygen atoms in total. The number of ether oxygens (including phenoxy) is 1. The third-order valence-electron chi connectivity index (χ3n) is 2.38. The zero-order valence-corrected chi connectivity index (χ0v) is 9.04. The number of hydrogen-bond donors (Lipinski definition) is 0. The second-order valence-corrected chi connectivity index (χ2v) is 3.77. The van der Waals surface area contributed by atoms with Crippen LogP contribution in [0.3, 0.4) is 0 Å². The van der Waals surface area contributed by atoms with Gasteiger partial charge in [0.1, 0.15) is 0 Å². The SMILES string of the molecule is CC(=O)C#CCN1C(C)COCC1C. The highest BCUT2D eigenvalue weighted by molar-refractivity contribution is 5.93. The molecule has 0 aromatic carbocycles. The number of ketones is 1. The lowest BCUT2D eigenvalue weighted by Crippen LogP contribution is -2.49. The van der Waals surface area contributed by atoms with Gasteiger partial charge < -0.3 is 4.74 Å². The summed E-state index contributed by atoms with van der Waals surface area (Å²) in [6.45, 7) is 7.89. The Morgan fingerprint density at radius 1 is 1.43 bits per heavy atom. The maximum absolute atomic E-state index is 10.6. The van der Waals surface area contributed by atoms with Crippen LogP contribution in [0.5, 0.6) is 0 Å². The molecule has 1 aliphatic heterocycles. The van der Waals surface area contributed by atoms with Crippen LogP contribution in [-0.4, -0.2) is 42.5 Å². The van der Waals surface area contributed by atoms with E-state index in [2.05, 4.69) is 30.6 Å². The predicted molar refractivity (Wildman–Crippen MR) is 54.9 cm³/mol. The van der Waals surface area contributed by atoms with Gasteiger partial charge in [0.05, 0.1) is 19.8 Å². The van der Waals surface area contributed by atoms with Crippen LogP contribution < -0.4 is 0 Å². The molecule has 0 bridgehead atoms. The van der Waals surface area contributed by atoms with Crippen molar-refractivity contribution < 1.29 is 9.53 Å². The van der Waals surface area contributed by atoms with Crippen molar-refractivity contribution in [1.29, 1.82) is 0 Å². The van der Waals surface area contributed by atoms with Gasteiger partial charge in [-0.05, 0) is 19.8 Å². The fraction of sp³-hybridized carbons (Fsp3) is 0.727. The van der Waals surface area contributed by atoms with Gasteiger partial charge >= 0.3 is 0 Å². The lowest BCUT2D eigenvalue weighted by Gasteiger charge is -2.37. The number of carbonyl (C=O) groups excluding carboxylic acids is 1. The van der Waals surface area contributed by atoms with E-state index in [0.29, 0.717) is 18.6 Å². The molecule has 1 saturated heterocycles. The first-order valence-electron chi connectivity index (χ1n) is 4.94. The van der Waals surface area contributed by atoms with E-state index in [9.17, 15) is 4.79 Å². The van der Waals surface area contributed by atoms with Crippen LogP contribution in [0.1, 0.15) is 20.8 Å². The van der Waals surface area contributed by atoms with Gasteiger partial charge in [-0.3, -0.25) is 9.69 Å². The number of rotatable bonds is 1. The molecule has 0 spiro atoms. The second-order valence-electron chi connectivity index (χ2n) is 3.77. The van der Waals surface area contributed by atoms with Crippen molar-refractivity contribution in [3.8, 4) is 11.8 Å². The second kappa shape index (κ2) is 5.14. The lowest BCUT2D eigenvalue weighted by molar-refractivity contribution is -0.111. The molecule has 0 N–H and O–H groups in total. The minimum Gasteiger partial charge on any atom is -0.378 e. The van der Waals surface area contributed by atoms with Crippen molar-refractivity contribution in [2.24, 2.45) is 0 Å². The first-order valence-corrected chi connectivity index (χ1v) is 4.94. The summed E-state index contributed by atoms with van der Waals surface area (Å²) in [5.41, 5.74) is 0. The molecule has 78 valence electrons. The van der Waals surface area contributed by atoms with Gasteiger partial charge in [-0.25, -0.2) is 0 Å². The van der Waals surface area contributed by atoms with Crippen LogP contribution in [0.2, 0.25) is 0 Å². The maximum Gasteiger partial charge on any atom is 0.202 e. The van der Waals surface area contributed by atoms with Crippen LogP contribution in [0.15, 0.2) is 0 Å². The quantitative estimate of drug-likeness (QED) is 0.455. The summed E-state index contributed by atoms with van der Waals surface area (Å²) < 4.78 is 5.39. The van der Waals surface area contributed by atoms with E-state index in [1.807, 2.05) is 0 Å². The van der Waals surface area contributed by atoms with E-state index in [1.54, 1.807) is 0 Å². The van der Waals surface area contributed by atoms with E-state index < -0.39 is 0 Å². The van der Waals surface area contributed by atoms with Crippen molar-refractivity contribution >= 4 is 5.78 Å². The van der Waals surface area contributed by atoms with E-state index in [4.69, 9.17) is 4.74 Å². The fourth-order valence-corrected chi connectivity index (χ4v) is 1.60. The number of morpholine rings is 1. The molecule has 0 aliphatic carbocycles. The molecular weight excluding hydrogens is 178 g/mol. The Morgan fingerprint density at radius 2 is 2.00 bits per heavy atom. The van der Waals surface area contributed by atoms with Crippen molar-refractivity contribution in [3.63, 3.8) is 0 Å². The summed E-state index contributed by atoms with van der Waals surface area (Å²) in [6.07, 6.45) is 0. The van der Waals surface area contributed by atoms with Gasteiger partial charge in [0.15, 0.2) is 0 Å². The number of nitrogens with zero attached hydrogens (tertiary/aromatic N) is 1. The normalized spacial score (nSPS) is 27.9. The monoisotopic (exact) mass is 195 g/mol. The first-order chi connectivity index (χ1) is 6.61. The molecule has 1 aliphatic rings. The van der Waals surface area contributed by atoms with Crippen molar-refractivity contribution in [3.05, 3.63) is 0 Å². The third kappa shape index (κ3) is 3.13. The number of hydrogen-bond acceptors (Lipinski definition) is 3. The molecule has 0 aromatic rings. The largest absolute Gasteiger partial charge is 0.378 e. The highest BCUT2D eigenvalue weighted by Crippen LogP contribution is 2.11. The molecule has 0 saturated carbocycles. The predicted octanol–water partition coefficient (Wildman–Crippen LogP) is 0.688. The molecule has 1 fully saturated rings. The molecule has 1 heterocycles. The van der Waals surface area contributed by atoms with Crippen LogP contribution in [0.25, 0.3) is 0 Å². The van der Waals surface area contributed by atoms with Gasteiger partial charge in [0, 0.05) is 19.0 Å². The summed E-state index contributed by atoms with van der Waals surface area (Å²) in [5.74, 6) is 5.38. The first kappa shape index (κ1) is 11.2. The highest BCUT2D eigenvalue weighted by atomic mass is 16.5. The summed E-state index contributed by atoms with van der Waals surface area (Å²) in [5, 5.41) is 0. The van der Waals surface area contributed by atoms with Gasteiger partial charge in [-0.2, -0.15) is 0 Å². The summed E-state index contributed by atoms with van der Waals surface area (Å²) >= 11 is 0. The van der Waals surface area contributed by atoms with Crippen molar-refractivity contribution in [2.45, 2.75) is 32.9 Å². The van der Waals surface area contributed by atoms with Gasteiger partial charge in [-0.1, -0.05) is 5.92 Å². The summed E-state index contributed by atoms with van der Waals surface area (Å²) in [4.78, 5) is 12.9. The van der Waals surface area contributed by atoms with E-state index >= 15 is 0 Å². The lowest BCUT2D eigenvalue weighted by atomic mass is 10.2. The van der Waals surface area contributed by atoms with Crippen LogP contribution in [0.4, 0.5) is 0 Å². The fourth-order valence-electron chi connectivity index (χ4n) is 1.60. The van der Waals surface area contributed by atoms with Crippen molar-refractivity contribution in [2.75, 3.05) is 19.8 Å².